The number of unbranched alkanes of at least 4 members (excludes halogenated alkanes) is 1. The van der Waals surface area contributed by atoms with E-state index in [1.807, 2.05) is 85.4 Å². The summed E-state index contributed by atoms with van der Waals surface area (Å²) in [6.07, 6.45) is 1.81. The molecule has 0 aliphatic carbocycles. The normalized spacial score (nSPS) is 11.7. The van der Waals surface area contributed by atoms with Gasteiger partial charge in [-0.25, -0.2) is 9.48 Å². The number of nitrogens with zero attached hydrogens (tertiary/aromatic N) is 2. The van der Waals surface area contributed by atoms with Crippen LogP contribution in [0.2, 0.25) is 0 Å². The van der Waals surface area contributed by atoms with Gasteiger partial charge in [-0.05, 0) is 67.4 Å². The first-order valence-electron chi connectivity index (χ1n) is 12.5. The maximum Gasteiger partial charge on any atom is 0.338 e. The van der Waals surface area contributed by atoms with Crippen LogP contribution in [0.3, 0.4) is 0 Å². The van der Waals surface area contributed by atoms with E-state index in [1.54, 1.807) is 23.9 Å². The van der Waals surface area contributed by atoms with Gasteiger partial charge in [-0.2, -0.15) is 0 Å². The smallest absolute Gasteiger partial charge is 0.338 e. The van der Waals surface area contributed by atoms with Gasteiger partial charge in [-0.3, -0.25) is 9.48 Å². The average molecular weight is 500 g/mol. The topological polar surface area (TPSA) is 74.5 Å². The van der Waals surface area contributed by atoms with E-state index in [0.29, 0.717) is 17.7 Å². The lowest BCUT2D eigenvalue weighted by Gasteiger charge is -2.20. The summed E-state index contributed by atoms with van der Waals surface area (Å²) in [4.78, 5) is 26.1. The van der Waals surface area contributed by atoms with Crippen molar-refractivity contribution in [2.24, 2.45) is 7.05 Å². The lowest BCUT2D eigenvalue weighted by molar-refractivity contribution is 0.0500. The molecule has 1 aromatic heterocycles. The summed E-state index contributed by atoms with van der Waals surface area (Å²) in [6.45, 7) is 4.41. The molecule has 0 bridgehead atoms. The summed E-state index contributed by atoms with van der Waals surface area (Å²) >= 11 is 0. The molecule has 1 heterocycles. The first-order valence-corrected chi connectivity index (χ1v) is 12.5. The lowest BCUT2D eigenvalue weighted by atomic mass is 9.98. The number of methoxy groups -OCH3 is 1. The number of ether oxygens (including phenoxy) is 2. The molecule has 0 unspecified atom stereocenters. The van der Waals surface area contributed by atoms with Crippen LogP contribution in [0.4, 0.5) is 5.69 Å². The number of anilines is 1. The van der Waals surface area contributed by atoms with E-state index >= 15 is 0 Å². The second-order valence-corrected chi connectivity index (χ2v) is 8.89. The van der Waals surface area contributed by atoms with Crippen molar-refractivity contribution >= 4 is 11.7 Å². The van der Waals surface area contributed by atoms with Gasteiger partial charge in [0, 0.05) is 18.4 Å². The quantitative estimate of drug-likeness (QED) is 0.225. The molecule has 0 radical (unpaired) electrons. The number of carbonyl (C=O) groups excluding carboxylic acids is 1. The molecule has 1 atom stereocenters. The fourth-order valence-electron chi connectivity index (χ4n) is 4.30. The van der Waals surface area contributed by atoms with Gasteiger partial charge in [0.05, 0.1) is 36.6 Å². The number of esters is 1. The third kappa shape index (κ3) is 5.61. The molecule has 0 fully saturated rings. The van der Waals surface area contributed by atoms with Gasteiger partial charge in [-0.15, -0.1) is 0 Å². The largest absolute Gasteiger partial charge is 0.497 e. The van der Waals surface area contributed by atoms with Crippen molar-refractivity contribution in [2.45, 2.75) is 32.7 Å². The average Bonchev–Trinajstić information content (AvgIpc) is 3.15. The highest BCUT2D eigenvalue weighted by atomic mass is 16.5. The Morgan fingerprint density at radius 3 is 2.27 bits per heavy atom. The second kappa shape index (κ2) is 11.6. The standard InChI is InChI=1S/C30H33N3O4/c1-5-6-20-37-30(35)23-12-16-24(17-13-23)31-28(22-14-18-26(36-4)19-15-22)27-21(2)32(3)33(29(27)34)25-10-8-7-9-11-25/h7-19,28,31H,5-6,20H2,1-4H3/t28-/m1/s1. The molecular formula is C30H33N3O4. The molecule has 0 saturated heterocycles. The Hall–Kier alpha value is -4.26. The minimum atomic E-state index is -0.433. The first-order chi connectivity index (χ1) is 17.9. The monoisotopic (exact) mass is 499 g/mol. The molecule has 0 aliphatic heterocycles. The summed E-state index contributed by atoms with van der Waals surface area (Å²) in [5, 5.41) is 3.52. The number of hydrogen-bond acceptors (Lipinski definition) is 5. The van der Waals surface area contributed by atoms with Crippen molar-refractivity contribution in [3.05, 3.63) is 112 Å². The summed E-state index contributed by atoms with van der Waals surface area (Å²) < 4.78 is 14.2. The van der Waals surface area contributed by atoms with E-state index < -0.39 is 6.04 Å². The van der Waals surface area contributed by atoms with E-state index in [-0.39, 0.29) is 11.5 Å². The van der Waals surface area contributed by atoms with Crippen molar-refractivity contribution in [3.8, 4) is 11.4 Å². The molecule has 0 amide bonds. The summed E-state index contributed by atoms with van der Waals surface area (Å²) in [5.74, 6) is 0.399. The molecule has 7 nitrogen and oxygen atoms in total. The summed E-state index contributed by atoms with van der Waals surface area (Å²) in [6, 6.07) is 24.0. The zero-order valence-electron chi connectivity index (χ0n) is 21.7. The predicted octanol–water partition coefficient (Wildman–Crippen LogP) is 5.65. The Morgan fingerprint density at radius 2 is 1.65 bits per heavy atom. The van der Waals surface area contributed by atoms with Gasteiger partial charge in [0.15, 0.2) is 0 Å². The zero-order chi connectivity index (χ0) is 26.4. The van der Waals surface area contributed by atoms with Gasteiger partial charge < -0.3 is 14.8 Å². The Bertz CT molecular complexity index is 1390. The Kier molecular flexibility index (Phi) is 8.13. The molecule has 1 N–H and O–H groups in total. The Morgan fingerprint density at radius 1 is 0.973 bits per heavy atom. The van der Waals surface area contributed by atoms with Crippen LogP contribution >= 0.6 is 0 Å². The Balaban J connectivity index is 1.72. The first kappa shape index (κ1) is 25.8. The predicted molar refractivity (Wildman–Crippen MR) is 146 cm³/mol. The zero-order valence-corrected chi connectivity index (χ0v) is 21.7. The highest BCUT2D eigenvalue weighted by Gasteiger charge is 2.26. The number of rotatable bonds is 10. The van der Waals surface area contributed by atoms with E-state index in [9.17, 15) is 9.59 Å². The number of aromatic nitrogens is 2. The molecule has 3 aromatic carbocycles. The van der Waals surface area contributed by atoms with E-state index in [0.717, 1.165) is 41.2 Å². The SMILES string of the molecule is CCCCOC(=O)c1ccc(N[C@H](c2ccc(OC)cc2)c2c(C)n(C)n(-c3ccccc3)c2=O)cc1. The number of nitrogens with one attached hydrogen (secondary N) is 1. The minimum absolute atomic E-state index is 0.101. The fourth-order valence-corrected chi connectivity index (χ4v) is 4.30. The van der Waals surface area contributed by atoms with Crippen LogP contribution in [0.1, 0.15) is 53.0 Å². The molecule has 4 aromatic rings. The van der Waals surface area contributed by atoms with Crippen LogP contribution in [-0.2, 0) is 11.8 Å². The van der Waals surface area contributed by atoms with E-state index in [4.69, 9.17) is 9.47 Å². The highest BCUT2D eigenvalue weighted by molar-refractivity contribution is 5.89. The van der Waals surface area contributed by atoms with Gasteiger partial charge in [-0.1, -0.05) is 43.7 Å². The van der Waals surface area contributed by atoms with Crippen LogP contribution in [0, 0.1) is 6.92 Å². The minimum Gasteiger partial charge on any atom is -0.497 e. The summed E-state index contributed by atoms with van der Waals surface area (Å²) in [5.41, 5.74) is 4.36. The van der Waals surface area contributed by atoms with Crippen LogP contribution in [-0.4, -0.2) is 29.0 Å². The fraction of sp³-hybridized carbons (Fsp3) is 0.267. The molecule has 7 heteroatoms. The molecule has 37 heavy (non-hydrogen) atoms. The van der Waals surface area contributed by atoms with Crippen LogP contribution < -0.4 is 15.6 Å². The van der Waals surface area contributed by atoms with Crippen molar-refractivity contribution in [1.82, 2.24) is 9.36 Å². The van der Waals surface area contributed by atoms with Crippen molar-refractivity contribution in [3.63, 3.8) is 0 Å². The Labute approximate surface area is 217 Å². The van der Waals surface area contributed by atoms with Crippen molar-refractivity contribution in [1.29, 1.82) is 0 Å². The van der Waals surface area contributed by atoms with Gasteiger partial charge in [0.25, 0.3) is 5.56 Å². The van der Waals surface area contributed by atoms with Crippen LogP contribution in [0.25, 0.3) is 5.69 Å². The molecule has 192 valence electrons. The number of carbonyl (C=O) groups is 1. The van der Waals surface area contributed by atoms with Crippen molar-refractivity contribution in [2.75, 3.05) is 19.0 Å². The van der Waals surface area contributed by atoms with Crippen LogP contribution in [0.5, 0.6) is 5.75 Å². The van der Waals surface area contributed by atoms with Gasteiger partial charge in [0.2, 0.25) is 0 Å². The number of benzene rings is 3. The maximum absolute atomic E-state index is 13.8. The molecular weight excluding hydrogens is 466 g/mol. The molecule has 4 rings (SSSR count). The third-order valence-electron chi connectivity index (χ3n) is 6.50. The second-order valence-electron chi connectivity index (χ2n) is 8.89. The van der Waals surface area contributed by atoms with E-state index in [2.05, 4.69) is 12.2 Å². The molecule has 0 spiro atoms. The third-order valence-corrected chi connectivity index (χ3v) is 6.50. The molecule has 0 saturated carbocycles. The maximum atomic E-state index is 13.8. The van der Waals surface area contributed by atoms with Gasteiger partial charge >= 0.3 is 5.97 Å². The van der Waals surface area contributed by atoms with Gasteiger partial charge in [0.1, 0.15) is 5.75 Å². The highest BCUT2D eigenvalue weighted by Crippen LogP contribution is 2.29. The van der Waals surface area contributed by atoms with Crippen LogP contribution in [0.15, 0.2) is 83.7 Å². The molecule has 0 aliphatic rings. The number of hydrogen-bond donors (Lipinski definition) is 1. The number of para-hydroxylation sites is 1. The summed E-state index contributed by atoms with van der Waals surface area (Å²) in [7, 11) is 3.51. The lowest BCUT2D eigenvalue weighted by Crippen LogP contribution is -2.24. The van der Waals surface area contributed by atoms with E-state index in [1.165, 1.54) is 0 Å². The van der Waals surface area contributed by atoms with Crippen molar-refractivity contribution < 1.29 is 14.3 Å².